The SMILES string of the molecule is CC1C=CC=C2NC=CC21. The van der Waals surface area contributed by atoms with Crippen LogP contribution in [0.2, 0.25) is 0 Å². The lowest BCUT2D eigenvalue weighted by molar-refractivity contribution is 0.574. The van der Waals surface area contributed by atoms with Crippen molar-refractivity contribution < 1.29 is 0 Å². The third-order valence-electron chi connectivity index (χ3n) is 2.17. The molecular weight excluding hydrogens is 122 g/mol. The maximum atomic E-state index is 3.22. The normalized spacial score (nSPS) is 35.1. The smallest absolute Gasteiger partial charge is 0.0247 e. The first-order valence-corrected chi connectivity index (χ1v) is 3.69. The Morgan fingerprint density at radius 3 is 3.10 bits per heavy atom. The summed E-state index contributed by atoms with van der Waals surface area (Å²) < 4.78 is 0. The molecule has 0 amide bonds. The molecule has 0 saturated carbocycles. The van der Waals surface area contributed by atoms with Crippen LogP contribution in [0.25, 0.3) is 0 Å². The maximum Gasteiger partial charge on any atom is 0.0247 e. The predicted octanol–water partition coefficient (Wildman–Crippen LogP) is 1.81. The van der Waals surface area contributed by atoms with E-state index in [-0.39, 0.29) is 0 Å². The molecule has 52 valence electrons. The van der Waals surface area contributed by atoms with E-state index in [0.29, 0.717) is 11.8 Å². The van der Waals surface area contributed by atoms with Crippen molar-refractivity contribution in [1.82, 2.24) is 5.32 Å². The molecule has 1 aliphatic carbocycles. The second-order valence-electron chi connectivity index (χ2n) is 2.90. The zero-order chi connectivity index (χ0) is 6.97. The third-order valence-corrected chi connectivity index (χ3v) is 2.17. The first-order chi connectivity index (χ1) is 4.88. The Hall–Kier alpha value is -0.980. The van der Waals surface area contributed by atoms with E-state index in [9.17, 15) is 0 Å². The minimum absolute atomic E-state index is 0.616. The van der Waals surface area contributed by atoms with E-state index < -0.39 is 0 Å². The van der Waals surface area contributed by atoms with Crippen molar-refractivity contribution in [2.24, 2.45) is 11.8 Å². The second-order valence-corrected chi connectivity index (χ2v) is 2.90. The van der Waals surface area contributed by atoms with Gasteiger partial charge in [-0.2, -0.15) is 0 Å². The van der Waals surface area contributed by atoms with Crippen molar-refractivity contribution in [3.63, 3.8) is 0 Å². The first-order valence-electron chi connectivity index (χ1n) is 3.69. The fraction of sp³-hybridized carbons (Fsp3) is 0.333. The topological polar surface area (TPSA) is 12.0 Å². The van der Waals surface area contributed by atoms with E-state index in [0.717, 1.165) is 0 Å². The van der Waals surface area contributed by atoms with Crippen LogP contribution >= 0.6 is 0 Å². The van der Waals surface area contributed by atoms with Crippen molar-refractivity contribution in [2.45, 2.75) is 6.92 Å². The molecule has 0 saturated heterocycles. The Bertz CT molecular complexity index is 223. The van der Waals surface area contributed by atoms with Crippen molar-refractivity contribution in [3.8, 4) is 0 Å². The number of nitrogens with one attached hydrogen (secondary N) is 1. The third kappa shape index (κ3) is 0.703. The van der Waals surface area contributed by atoms with Gasteiger partial charge in [0, 0.05) is 11.6 Å². The maximum absolute atomic E-state index is 3.22. The van der Waals surface area contributed by atoms with Gasteiger partial charge < -0.3 is 5.32 Å². The first kappa shape index (κ1) is 5.78. The zero-order valence-electron chi connectivity index (χ0n) is 6.04. The number of hydrogen-bond donors (Lipinski definition) is 1. The molecule has 0 radical (unpaired) electrons. The summed E-state index contributed by atoms with van der Waals surface area (Å²) in [5.41, 5.74) is 1.34. The van der Waals surface area contributed by atoms with Gasteiger partial charge in [-0.1, -0.05) is 25.2 Å². The molecule has 2 aliphatic rings. The van der Waals surface area contributed by atoms with Crippen LogP contribution in [0.15, 0.2) is 36.2 Å². The molecule has 0 aromatic rings. The lowest BCUT2D eigenvalue weighted by Gasteiger charge is -2.18. The highest BCUT2D eigenvalue weighted by Gasteiger charge is 2.21. The van der Waals surface area contributed by atoms with Crippen LogP contribution < -0.4 is 5.32 Å². The standard InChI is InChI=1S/C9H11N/c1-7-3-2-4-9-8(7)5-6-10-9/h2-8,10H,1H3. The molecule has 1 heteroatoms. The molecule has 0 fully saturated rings. The lowest BCUT2D eigenvalue weighted by atomic mass is 9.89. The molecule has 1 N–H and O–H groups in total. The molecule has 10 heavy (non-hydrogen) atoms. The van der Waals surface area contributed by atoms with Gasteiger partial charge in [0.1, 0.15) is 0 Å². The summed E-state index contributed by atoms with van der Waals surface area (Å²) in [4.78, 5) is 0. The van der Waals surface area contributed by atoms with Gasteiger partial charge >= 0.3 is 0 Å². The molecule has 1 nitrogen and oxygen atoms in total. The van der Waals surface area contributed by atoms with Crippen molar-refractivity contribution in [1.29, 1.82) is 0 Å². The summed E-state index contributed by atoms with van der Waals surface area (Å²) in [7, 11) is 0. The van der Waals surface area contributed by atoms with Gasteiger partial charge in [-0.3, -0.25) is 0 Å². The average Bonchev–Trinajstić information content (AvgIpc) is 2.36. The minimum atomic E-state index is 0.616. The lowest BCUT2D eigenvalue weighted by Crippen LogP contribution is -2.14. The number of fused-ring (bicyclic) bond motifs is 1. The van der Waals surface area contributed by atoms with Gasteiger partial charge in [-0.05, 0) is 18.2 Å². The number of allylic oxidation sites excluding steroid dienone is 4. The highest BCUT2D eigenvalue weighted by atomic mass is 14.9. The van der Waals surface area contributed by atoms with Crippen molar-refractivity contribution in [2.75, 3.05) is 0 Å². The van der Waals surface area contributed by atoms with Gasteiger partial charge in [0.25, 0.3) is 0 Å². The van der Waals surface area contributed by atoms with Crippen LogP contribution in [0.1, 0.15) is 6.92 Å². The molecule has 2 unspecified atom stereocenters. The Kier molecular flexibility index (Phi) is 1.16. The molecule has 2 rings (SSSR count). The van der Waals surface area contributed by atoms with E-state index in [1.54, 1.807) is 0 Å². The summed E-state index contributed by atoms with van der Waals surface area (Å²) in [5, 5.41) is 3.22. The van der Waals surface area contributed by atoms with E-state index in [4.69, 9.17) is 0 Å². The molecule has 2 atom stereocenters. The Labute approximate surface area is 61.1 Å². The Morgan fingerprint density at radius 2 is 2.30 bits per heavy atom. The van der Waals surface area contributed by atoms with Crippen LogP contribution in [0.5, 0.6) is 0 Å². The van der Waals surface area contributed by atoms with Crippen LogP contribution in [0, 0.1) is 11.8 Å². The van der Waals surface area contributed by atoms with Gasteiger partial charge in [0.05, 0.1) is 0 Å². The quantitative estimate of drug-likeness (QED) is 0.531. The van der Waals surface area contributed by atoms with E-state index in [2.05, 4.69) is 36.5 Å². The summed E-state index contributed by atoms with van der Waals surface area (Å²) in [6, 6.07) is 0. The van der Waals surface area contributed by atoms with Crippen LogP contribution in [-0.2, 0) is 0 Å². The van der Waals surface area contributed by atoms with Crippen LogP contribution in [0.3, 0.4) is 0 Å². The average molecular weight is 133 g/mol. The molecule has 0 bridgehead atoms. The fourth-order valence-electron chi connectivity index (χ4n) is 1.52. The summed E-state index contributed by atoms with van der Waals surface area (Å²) >= 11 is 0. The molecule has 0 aromatic heterocycles. The molecule has 0 aromatic carbocycles. The van der Waals surface area contributed by atoms with E-state index >= 15 is 0 Å². The summed E-state index contributed by atoms with van der Waals surface area (Å²) in [6.45, 7) is 2.24. The van der Waals surface area contributed by atoms with Gasteiger partial charge in [-0.15, -0.1) is 0 Å². The number of hydrogen-bond acceptors (Lipinski definition) is 1. The van der Waals surface area contributed by atoms with Crippen LogP contribution in [-0.4, -0.2) is 0 Å². The Morgan fingerprint density at radius 1 is 1.40 bits per heavy atom. The molecule has 0 spiro atoms. The Balaban J connectivity index is 2.31. The second kappa shape index (κ2) is 2.01. The molecule has 1 aliphatic heterocycles. The summed E-state index contributed by atoms with van der Waals surface area (Å²) in [6.07, 6.45) is 10.8. The largest absolute Gasteiger partial charge is 0.365 e. The summed E-state index contributed by atoms with van der Waals surface area (Å²) in [5.74, 6) is 1.27. The molecule has 1 heterocycles. The predicted molar refractivity (Wildman–Crippen MR) is 42.2 cm³/mol. The minimum Gasteiger partial charge on any atom is -0.365 e. The van der Waals surface area contributed by atoms with Gasteiger partial charge in [0.15, 0.2) is 0 Å². The van der Waals surface area contributed by atoms with Crippen LogP contribution in [0.4, 0.5) is 0 Å². The van der Waals surface area contributed by atoms with E-state index in [1.165, 1.54) is 5.70 Å². The van der Waals surface area contributed by atoms with Gasteiger partial charge in [0.2, 0.25) is 0 Å². The highest BCUT2D eigenvalue weighted by molar-refractivity contribution is 5.30. The van der Waals surface area contributed by atoms with E-state index in [1.807, 2.05) is 6.20 Å². The number of rotatable bonds is 0. The van der Waals surface area contributed by atoms with Crippen molar-refractivity contribution in [3.05, 3.63) is 36.2 Å². The zero-order valence-corrected chi connectivity index (χ0v) is 6.04. The fourth-order valence-corrected chi connectivity index (χ4v) is 1.52. The highest BCUT2D eigenvalue weighted by Crippen LogP contribution is 2.28. The van der Waals surface area contributed by atoms with Gasteiger partial charge in [-0.25, -0.2) is 0 Å². The molecular formula is C9H11N. The monoisotopic (exact) mass is 133 g/mol. The van der Waals surface area contributed by atoms with Crippen molar-refractivity contribution >= 4 is 0 Å².